The van der Waals surface area contributed by atoms with E-state index in [0.29, 0.717) is 25.4 Å². The van der Waals surface area contributed by atoms with Crippen molar-refractivity contribution in [3.8, 4) is 17.2 Å². The van der Waals surface area contributed by atoms with Gasteiger partial charge in [0.25, 0.3) is 0 Å². The molecule has 7 heteroatoms. The molecule has 0 aromatic heterocycles. The molecule has 0 radical (unpaired) electrons. The normalized spacial score (nSPS) is 15.3. The van der Waals surface area contributed by atoms with Crippen molar-refractivity contribution in [2.45, 2.75) is 12.8 Å². The molecule has 5 rings (SSSR count). The van der Waals surface area contributed by atoms with Gasteiger partial charge in [-0.15, -0.1) is 0 Å². The van der Waals surface area contributed by atoms with E-state index < -0.39 is 0 Å². The van der Waals surface area contributed by atoms with Gasteiger partial charge in [0.2, 0.25) is 5.91 Å². The van der Waals surface area contributed by atoms with Gasteiger partial charge in [-0.05, 0) is 54.4 Å². The lowest BCUT2D eigenvalue weighted by molar-refractivity contribution is -0.130. The van der Waals surface area contributed by atoms with Gasteiger partial charge in [0.1, 0.15) is 28.8 Å². The molecule has 1 amide bonds. The molecule has 174 valence electrons. The molecule has 0 aliphatic carbocycles. The van der Waals surface area contributed by atoms with E-state index in [0.717, 1.165) is 47.1 Å². The Morgan fingerprint density at radius 3 is 2.65 bits per heavy atom. The number of fused-ring (bicyclic) bond motifs is 2. The van der Waals surface area contributed by atoms with Crippen LogP contribution in [0.15, 0.2) is 71.7 Å². The molecule has 0 bridgehead atoms. The van der Waals surface area contributed by atoms with Crippen molar-refractivity contribution in [2.75, 3.05) is 33.3 Å². The summed E-state index contributed by atoms with van der Waals surface area (Å²) in [7, 11) is 1.64. The molecule has 1 fully saturated rings. The van der Waals surface area contributed by atoms with Crippen LogP contribution < -0.4 is 9.47 Å². The molecular formula is C27H26FN3O3. The van der Waals surface area contributed by atoms with Crippen LogP contribution in [-0.2, 0) is 11.2 Å². The molecule has 0 unspecified atom stereocenters. The summed E-state index contributed by atoms with van der Waals surface area (Å²) in [6.45, 7) is 2.66. The first-order valence-electron chi connectivity index (χ1n) is 11.4. The molecule has 0 saturated carbocycles. The van der Waals surface area contributed by atoms with Crippen molar-refractivity contribution < 1.29 is 18.7 Å². The fraction of sp³-hybridized carbons (Fsp3) is 0.259. The Morgan fingerprint density at radius 2 is 1.82 bits per heavy atom. The van der Waals surface area contributed by atoms with Crippen LogP contribution in [0.4, 0.5) is 10.1 Å². The van der Waals surface area contributed by atoms with Crippen molar-refractivity contribution in [1.82, 2.24) is 9.80 Å². The summed E-state index contributed by atoms with van der Waals surface area (Å²) in [4.78, 5) is 22.0. The fourth-order valence-electron chi connectivity index (χ4n) is 4.34. The van der Waals surface area contributed by atoms with Gasteiger partial charge in [-0.1, -0.05) is 24.3 Å². The highest BCUT2D eigenvalue weighted by Gasteiger charge is 2.26. The monoisotopic (exact) mass is 459 g/mol. The van der Waals surface area contributed by atoms with E-state index >= 15 is 0 Å². The minimum atomic E-state index is -0.298. The molecule has 2 aliphatic heterocycles. The zero-order valence-electron chi connectivity index (χ0n) is 19.0. The molecule has 6 nitrogen and oxygen atoms in total. The second kappa shape index (κ2) is 9.55. The molecule has 0 atom stereocenters. The number of nitrogens with zero attached hydrogens (tertiary/aromatic N) is 3. The van der Waals surface area contributed by atoms with E-state index in [1.165, 1.54) is 12.1 Å². The average Bonchev–Trinajstić information content (AvgIpc) is 3.20. The molecule has 3 aromatic carbocycles. The molecule has 2 aliphatic rings. The fourth-order valence-corrected chi connectivity index (χ4v) is 4.34. The van der Waals surface area contributed by atoms with Gasteiger partial charge in [-0.2, -0.15) is 0 Å². The minimum absolute atomic E-state index is 0.0482. The number of para-hydroxylation sites is 2. The Hall–Kier alpha value is -3.87. The Morgan fingerprint density at radius 1 is 1.00 bits per heavy atom. The first-order valence-corrected chi connectivity index (χ1v) is 11.4. The van der Waals surface area contributed by atoms with E-state index in [1.807, 2.05) is 47.4 Å². The summed E-state index contributed by atoms with van der Waals surface area (Å²) in [5.41, 5.74) is 2.44. The number of rotatable bonds is 3. The van der Waals surface area contributed by atoms with Crippen LogP contribution in [-0.4, -0.2) is 54.8 Å². The third-order valence-corrected chi connectivity index (χ3v) is 6.16. The lowest BCUT2D eigenvalue weighted by Crippen LogP contribution is -2.38. The standard InChI is InChI=1S/C27H26FN3O3/c1-33-21-11-12-24-22(18-21)27(29-23-5-2-3-6-25(23)34-24)31-14-4-13-30(15-16-31)26(32)17-19-7-9-20(28)10-8-19/h2-3,5-12,18H,4,13-17H2,1H3. The van der Waals surface area contributed by atoms with Crippen molar-refractivity contribution in [2.24, 2.45) is 4.99 Å². The summed E-state index contributed by atoms with van der Waals surface area (Å²) in [6, 6.07) is 19.6. The van der Waals surface area contributed by atoms with E-state index in [9.17, 15) is 9.18 Å². The number of benzene rings is 3. The number of halogens is 1. The van der Waals surface area contributed by atoms with Crippen molar-refractivity contribution in [3.05, 3.63) is 83.7 Å². The number of aliphatic imine (C=N–C) groups is 1. The van der Waals surface area contributed by atoms with Gasteiger partial charge in [-0.3, -0.25) is 4.79 Å². The van der Waals surface area contributed by atoms with Crippen LogP contribution in [0.3, 0.4) is 0 Å². The maximum Gasteiger partial charge on any atom is 0.227 e. The topological polar surface area (TPSA) is 54.4 Å². The van der Waals surface area contributed by atoms with Crippen LogP contribution in [0.5, 0.6) is 17.2 Å². The molecule has 3 aromatic rings. The zero-order chi connectivity index (χ0) is 23.5. The molecule has 0 spiro atoms. The molecule has 2 heterocycles. The van der Waals surface area contributed by atoms with Crippen molar-refractivity contribution in [3.63, 3.8) is 0 Å². The van der Waals surface area contributed by atoms with Gasteiger partial charge in [0.15, 0.2) is 5.75 Å². The Labute approximate surface area is 198 Å². The van der Waals surface area contributed by atoms with Crippen LogP contribution >= 0.6 is 0 Å². The quantitative estimate of drug-likeness (QED) is 0.565. The summed E-state index contributed by atoms with van der Waals surface area (Å²) in [6.07, 6.45) is 1.08. The number of amidine groups is 1. The average molecular weight is 460 g/mol. The summed E-state index contributed by atoms with van der Waals surface area (Å²) < 4.78 is 24.9. The van der Waals surface area contributed by atoms with Gasteiger partial charge in [-0.25, -0.2) is 9.38 Å². The highest BCUT2D eigenvalue weighted by Crippen LogP contribution is 2.39. The maximum absolute atomic E-state index is 13.2. The highest BCUT2D eigenvalue weighted by atomic mass is 19.1. The third kappa shape index (κ3) is 4.59. The number of carbonyl (C=O) groups is 1. The molecule has 0 N–H and O–H groups in total. The van der Waals surface area contributed by atoms with E-state index in [4.69, 9.17) is 14.5 Å². The lowest BCUT2D eigenvalue weighted by Gasteiger charge is -2.25. The van der Waals surface area contributed by atoms with Crippen molar-refractivity contribution in [1.29, 1.82) is 0 Å². The number of ether oxygens (including phenoxy) is 2. The van der Waals surface area contributed by atoms with Gasteiger partial charge in [0, 0.05) is 26.2 Å². The number of hydrogen-bond donors (Lipinski definition) is 0. The third-order valence-electron chi connectivity index (χ3n) is 6.16. The Balaban J connectivity index is 1.39. The lowest BCUT2D eigenvalue weighted by atomic mass is 10.1. The van der Waals surface area contributed by atoms with Crippen LogP contribution in [0.25, 0.3) is 0 Å². The van der Waals surface area contributed by atoms with Gasteiger partial charge >= 0.3 is 0 Å². The van der Waals surface area contributed by atoms with Crippen molar-refractivity contribution >= 4 is 17.4 Å². The molecule has 1 saturated heterocycles. The first kappa shape index (κ1) is 21.9. The highest BCUT2D eigenvalue weighted by molar-refractivity contribution is 6.04. The largest absolute Gasteiger partial charge is 0.497 e. The number of carbonyl (C=O) groups excluding carboxylic acids is 1. The van der Waals surface area contributed by atoms with Gasteiger partial charge in [0.05, 0.1) is 19.1 Å². The van der Waals surface area contributed by atoms with E-state index in [2.05, 4.69) is 4.90 Å². The summed E-state index contributed by atoms with van der Waals surface area (Å²) in [5, 5.41) is 0. The second-order valence-corrected chi connectivity index (χ2v) is 8.39. The smallest absolute Gasteiger partial charge is 0.227 e. The maximum atomic E-state index is 13.2. The number of amides is 1. The van der Waals surface area contributed by atoms with Crippen LogP contribution in [0.1, 0.15) is 17.5 Å². The second-order valence-electron chi connectivity index (χ2n) is 8.39. The first-order chi connectivity index (χ1) is 16.6. The molecule has 34 heavy (non-hydrogen) atoms. The van der Waals surface area contributed by atoms with Crippen LogP contribution in [0.2, 0.25) is 0 Å². The van der Waals surface area contributed by atoms with E-state index in [-0.39, 0.29) is 18.1 Å². The van der Waals surface area contributed by atoms with Gasteiger partial charge < -0.3 is 19.3 Å². The number of hydrogen-bond acceptors (Lipinski definition) is 5. The Kier molecular flexibility index (Phi) is 6.16. The Bertz CT molecular complexity index is 1230. The summed E-state index contributed by atoms with van der Waals surface area (Å²) in [5.74, 6) is 2.71. The number of methoxy groups -OCH3 is 1. The summed E-state index contributed by atoms with van der Waals surface area (Å²) >= 11 is 0. The zero-order valence-corrected chi connectivity index (χ0v) is 19.0. The van der Waals surface area contributed by atoms with E-state index in [1.54, 1.807) is 19.2 Å². The predicted molar refractivity (Wildman–Crippen MR) is 129 cm³/mol. The predicted octanol–water partition coefficient (Wildman–Crippen LogP) is 4.80. The van der Waals surface area contributed by atoms with Crippen LogP contribution in [0, 0.1) is 5.82 Å². The SMILES string of the molecule is COc1ccc2c(c1)C(N1CCCN(C(=O)Cc3ccc(F)cc3)CC1)=Nc1ccccc1O2. The molecular weight excluding hydrogens is 433 g/mol. The minimum Gasteiger partial charge on any atom is -0.497 e.